The van der Waals surface area contributed by atoms with Crippen molar-refractivity contribution in [2.75, 3.05) is 6.61 Å². The standard InChI is InChI=1S/C25H19I2NO4/c1-2-30-23-14-16(7-12-22(23)31-15-18-5-3-4-6-20(18)27)13-21-25(29)32-24(28-21)17-8-10-19(26)11-9-17/h3-14H,2,15H2,1H3/b21-13-. The summed E-state index contributed by atoms with van der Waals surface area (Å²) in [6.45, 7) is 2.85. The largest absolute Gasteiger partial charge is 0.490 e. The summed E-state index contributed by atoms with van der Waals surface area (Å²) in [6.07, 6.45) is 1.69. The third-order valence-corrected chi connectivity index (χ3v) is 6.40. The minimum atomic E-state index is -0.476. The molecule has 1 aliphatic rings. The van der Waals surface area contributed by atoms with E-state index < -0.39 is 5.97 Å². The van der Waals surface area contributed by atoms with E-state index in [1.165, 1.54) is 0 Å². The van der Waals surface area contributed by atoms with Crippen LogP contribution < -0.4 is 9.47 Å². The first-order valence-electron chi connectivity index (χ1n) is 9.95. The second-order valence-electron chi connectivity index (χ2n) is 6.86. The predicted molar refractivity (Wildman–Crippen MR) is 141 cm³/mol. The van der Waals surface area contributed by atoms with Crippen molar-refractivity contribution in [3.05, 3.63) is 96.3 Å². The topological polar surface area (TPSA) is 57.1 Å². The molecule has 0 atom stereocenters. The van der Waals surface area contributed by atoms with Gasteiger partial charge in [0, 0.05) is 18.3 Å². The fourth-order valence-electron chi connectivity index (χ4n) is 3.06. The summed E-state index contributed by atoms with van der Waals surface area (Å²) < 4.78 is 19.4. The Kier molecular flexibility index (Phi) is 7.46. The van der Waals surface area contributed by atoms with Crippen LogP contribution in [0, 0.1) is 7.14 Å². The number of halogens is 2. The quantitative estimate of drug-likeness (QED) is 0.173. The molecule has 0 saturated carbocycles. The third kappa shape index (κ3) is 5.50. The average Bonchev–Trinajstić information content (AvgIpc) is 3.15. The highest BCUT2D eigenvalue weighted by Crippen LogP contribution is 2.31. The van der Waals surface area contributed by atoms with Crippen molar-refractivity contribution in [1.82, 2.24) is 0 Å². The molecule has 0 aliphatic carbocycles. The lowest BCUT2D eigenvalue weighted by atomic mass is 10.1. The zero-order valence-electron chi connectivity index (χ0n) is 17.2. The maximum absolute atomic E-state index is 12.3. The molecule has 0 spiro atoms. The van der Waals surface area contributed by atoms with Crippen LogP contribution in [0.4, 0.5) is 0 Å². The second kappa shape index (κ2) is 10.5. The SMILES string of the molecule is CCOc1cc(/C=C2\N=C(c3ccc(I)cc3)OC2=O)ccc1OCc1ccccc1I. The monoisotopic (exact) mass is 651 g/mol. The molecule has 1 aliphatic heterocycles. The minimum Gasteiger partial charge on any atom is -0.490 e. The summed E-state index contributed by atoms with van der Waals surface area (Å²) >= 11 is 4.52. The Balaban J connectivity index is 1.56. The Bertz CT molecular complexity index is 1200. The van der Waals surface area contributed by atoms with Crippen molar-refractivity contribution in [2.45, 2.75) is 13.5 Å². The Hall–Kier alpha value is -2.40. The Labute approximate surface area is 213 Å². The van der Waals surface area contributed by atoms with Crippen LogP contribution in [0.25, 0.3) is 6.08 Å². The fourth-order valence-corrected chi connectivity index (χ4v) is 3.96. The Morgan fingerprint density at radius 3 is 2.50 bits per heavy atom. The molecule has 0 bridgehead atoms. The highest BCUT2D eigenvalue weighted by atomic mass is 127. The Morgan fingerprint density at radius 1 is 0.969 bits per heavy atom. The van der Waals surface area contributed by atoms with Gasteiger partial charge in [-0.05, 0) is 106 Å². The number of benzene rings is 3. The Morgan fingerprint density at radius 2 is 1.75 bits per heavy atom. The van der Waals surface area contributed by atoms with E-state index in [9.17, 15) is 4.79 Å². The average molecular weight is 651 g/mol. The number of hydrogen-bond donors (Lipinski definition) is 0. The van der Waals surface area contributed by atoms with Crippen LogP contribution in [0.5, 0.6) is 11.5 Å². The van der Waals surface area contributed by atoms with Crippen molar-refractivity contribution in [3.63, 3.8) is 0 Å². The summed E-state index contributed by atoms with van der Waals surface area (Å²) in [5, 5.41) is 0. The van der Waals surface area contributed by atoms with Crippen LogP contribution in [-0.2, 0) is 16.1 Å². The molecule has 3 aromatic carbocycles. The van der Waals surface area contributed by atoms with Crippen molar-refractivity contribution in [2.24, 2.45) is 4.99 Å². The summed E-state index contributed by atoms with van der Waals surface area (Å²) in [4.78, 5) is 16.7. The number of cyclic esters (lactones) is 1. The van der Waals surface area contributed by atoms with Gasteiger partial charge in [0.25, 0.3) is 0 Å². The number of carbonyl (C=O) groups is 1. The van der Waals surface area contributed by atoms with E-state index in [0.29, 0.717) is 30.6 Å². The van der Waals surface area contributed by atoms with E-state index in [4.69, 9.17) is 14.2 Å². The maximum Gasteiger partial charge on any atom is 0.363 e. The molecule has 3 aromatic rings. The number of nitrogens with zero attached hydrogens (tertiary/aromatic N) is 1. The van der Waals surface area contributed by atoms with Crippen LogP contribution in [0.3, 0.4) is 0 Å². The minimum absolute atomic E-state index is 0.244. The first-order valence-corrected chi connectivity index (χ1v) is 12.1. The number of esters is 1. The van der Waals surface area contributed by atoms with E-state index in [1.807, 2.05) is 73.7 Å². The van der Waals surface area contributed by atoms with E-state index in [0.717, 1.165) is 23.8 Å². The highest BCUT2D eigenvalue weighted by molar-refractivity contribution is 14.1. The molecule has 0 radical (unpaired) electrons. The van der Waals surface area contributed by atoms with Crippen molar-refractivity contribution < 1.29 is 19.0 Å². The molecule has 0 amide bonds. The van der Waals surface area contributed by atoms with Crippen LogP contribution >= 0.6 is 45.2 Å². The molecule has 7 heteroatoms. The summed E-state index contributed by atoms with van der Waals surface area (Å²) in [6, 6.07) is 21.3. The first kappa shape index (κ1) is 22.8. The zero-order chi connectivity index (χ0) is 22.5. The first-order chi connectivity index (χ1) is 15.5. The van der Waals surface area contributed by atoms with Gasteiger partial charge in [-0.1, -0.05) is 24.3 Å². The highest BCUT2D eigenvalue weighted by Gasteiger charge is 2.24. The predicted octanol–water partition coefficient (Wildman–Crippen LogP) is 6.22. The van der Waals surface area contributed by atoms with Crippen LogP contribution in [-0.4, -0.2) is 18.5 Å². The number of aliphatic imine (C=N–C) groups is 1. The molecule has 0 N–H and O–H groups in total. The van der Waals surface area contributed by atoms with Crippen molar-refractivity contribution in [3.8, 4) is 11.5 Å². The summed E-state index contributed by atoms with van der Waals surface area (Å²) in [5.41, 5.74) is 2.88. The molecule has 1 heterocycles. The molecule has 0 aromatic heterocycles. The van der Waals surface area contributed by atoms with Gasteiger partial charge >= 0.3 is 5.97 Å². The number of ether oxygens (including phenoxy) is 3. The molecule has 0 saturated heterocycles. The van der Waals surface area contributed by atoms with E-state index in [-0.39, 0.29) is 5.70 Å². The van der Waals surface area contributed by atoms with Gasteiger partial charge in [-0.3, -0.25) is 0 Å². The number of rotatable bonds is 7. The lowest BCUT2D eigenvalue weighted by molar-refractivity contribution is -0.129. The summed E-state index contributed by atoms with van der Waals surface area (Å²) in [7, 11) is 0. The number of carbonyl (C=O) groups excluding carboxylic acids is 1. The smallest absolute Gasteiger partial charge is 0.363 e. The zero-order valence-corrected chi connectivity index (χ0v) is 21.5. The van der Waals surface area contributed by atoms with Gasteiger partial charge in [0.15, 0.2) is 17.2 Å². The molecule has 0 unspecified atom stereocenters. The molecule has 4 rings (SSSR count). The van der Waals surface area contributed by atoms with Crippen LogP contribution in [0.1, 0.15) is 23.6 Å². The van der Waals surface area contributed by atoms with Gasteiger partial charge in [0.1, 0.15) is 6.61 Å². The fraction of sp³-hybridized carbons (Fsp3) is 0.120. The third-order valence-electron chi connectivity index (χ3n) is 4.62. The van der Waals surface area contributed by atoms with Gasteiger partial charge < -0.3 is 14.2 Å². The van der Waals surface area contributed by atoms with E-state index >= 15 is 0 Å². The lowest BCUT2D eigenvalue weighted by Gasteiger charge is -2.13. The maximum atomic E-state index is 12.3. The summed E-state index contributed by atoms with van der Waals surface area (Å²) in [5.74, 6) is 1.09. The lowest BCUT2D eigenvalue weighted by Crippen LogP contribution is -2.05. The molecular weight excluding hydrogens is 632 g/mol. The van der Waals surface area contributed by atoms with E-state index in [1.54, 1.807) is 6.08 Å². The number of hydrogen-bond acceptors (Lipinski definition) is 5. The van der Waals surface area contributed by atoms with Crippen molar-refractivity contribution >= 4 is 63.1 Å². The van der Waals surface area contributed by atoms with Gasteiger partial charge in [0.05, 0.1) is 6.61 Å². The molecule has 5 nitrogen and oxygen atoms in total. The van der Waals surface area contributed by atoms with Crippen LogP contribution in [0.15, 0.2) is 77.4 Å². The normalized spacial score (nSPS) is 14.3. The molecule has 32 heavy (non-hydrogen) atoms. The van der Waals surface area contributed by atoms with Crippen molar-refractivity contribution in [1.29, 1.82) is 0 Å². The molecular formula is C25H19I2NO4. The molecule has 162 valence electrons. The molecule has 0 fully saturated rings. The van der Waals surface area contributed by atoms with E-state index in [2.05, 4.69) is 50.2 Å². The second-order valence-corrected chi connectivity index (χ2v) is 9.27. The van der Waals surface area contributed by atoms with Gasteiger partial charge in [-0.2, -0.15) is 0 Å². The van der Waals surface area contributed by atoms with Gasteiger partial charge in [0.2, 0.25) is 5.90 Å². The van der Waals surface area contributed by atoms with Gasteiger partial charge in [-0.25, -0.2) is 9.79 Å². The van der Waals surface area contributed by atoms with Gasteiger partial charge in [-0.15, -0.1) is 0 Å². The van der Waals surface area contributed by atoms with Crippen LogP contribution in [0.2, 0.25) is 0 Å².